The molecule has 1 amide bonds. The number of anilines is 1. The van der Waals surface area contributed by atoms with E-state index in [9.17, 15) is 4.79 Å². The lowest BCUT2D eigenvalue weighted by atomic mass is 9.48. The largest absolute Gasteiger partial charge is 0.496 e. The van der Waals surface area contributed by atoms with E-state index < -0.39 is 0 Å². The van der Waals surface area contributed by atoms with Gasteiger partial charge in [-0.15, -0.1) is 0 Å². The van der Waals surface area contributed by atoms with Gasteiger partial charge in [0.15, 0.2) is 0 Å². The van der Waals surface area contributed by atoms with Gasteiger partial charge in [-0.3, -0.25) is 4.79 Å². The first-order chi connectivity index (χ1) is 13.5. The second kappa shape index (κ2) is 6.65. The summed E-state index contributed by atoms with van der Waals surface area (Å²) in [6, 6.07) is 14.2. The Bertz CT molecular complexity index is 864. The minimum absolute atomic E-state index is 0.0756. The third-order valence-electron chi connectivity index (χ3n) is 7.45. The predicted molar refractivity (Wildman–Crippen MR) is 112 cm³/mol. The van der Waals surface area contributed by atoms with E-state index in [-0.39, 0.29) is 5.91 Å². The van der Waals surface area contributed by atoms with Crippen molar-refractivity contribution in [3.63, 3.8) is 0 Å². The second-order valence-electron chi connectivity index (χ2n) is 9.41. The fraction of sp³-hybridized carbons (Fsp3) is 0.480. The number of methoxy groups -OCH3 is 1. The van der Waals surface area contributed by atoms with Gasteiger partial charge in [-0.2, -0.15) is 0 Å². The lowest BCUT2D eigenvalue weighted by molar-refractivity contribution is -0.00518. The first kappa shape index (κ1) is 17.8. The van der Waals surface area contributed by atoms with Crippen LogP contribution in [0.1, 0.15) is 60.0 Å². The summed E-state index contributed by atoms with van der Waals surface area (Å²) in [4.78, 5) is 12.6. The zero-order chi connectivity index (χ0) is 19.3. The van der Waals surface area contributed by atoms with Crippen LogP contribution in [0.5, 0.6) is 5.75 Å². The molecule has 3 heteroatoms. The number of aryl methyl sites for hydroxylation is 1. The predicted octanol–water partition coefficient (Wildman–Crippen LogP) is 5.72. The van der Waals surface area contributed by atoms with E-state index in [1.54, 1.807) is 7.11 Å². The minimum atomic E-state index is -0.0756. The molecule has 4 saturated carbocycles. The molecule has 146 valence electrons. The number of rotatable bonds is 4. The molecule has 4 fully saturated rings. The van der Waals surface area contributed by atoms with Gasteiger partial charge in [0.1, 0.15) is 5.75 Å². The first-order valence-corrected chi connectivity index (χ1v) is 10.6. The van der Waals surface area contributed by atoms with Gasteiger partial charge in [-0.1, -0.05) is 12.1 Å². The minimum Gasteiger partial charge on any atom is -0.496 e. The van der Waals surface area contributed by atoms with Gasteiger partial charge in [0, 0.05) is 11.3 Å². The summed E-state index contributed by atoms with van der Waals surface area (Å²) in [7, 11) is 1.65. The Morgan fingerprint density at radius 2 is 1.57 bits per heavy atom. The van der Waals surface area contributed by atoms with Crippen LogP contribution in [0, 0.1) is 24.7 Å². The Balaban J connectivity index is 1.32. The van der Waals surface area contributed by atoms with Gasteiger partial charge in [0.25, 0.3) is 5.91 Å². The molecule has 0 aliphatic heterocycles. The molecule has 0 unspecified atom stereocenters. The highest BCUT2D eigenvalue weighted by Crippen LogP contribution is 2.60. The van der Waals surface area contributed by atoms with E-state index in [0.717, 1.165) is 34.8 Å². The van der Waals surface area contributed by atoms with Crippen LogP contribution >= 0.6 is 0 Å². The molecule has 3 nitrogen and oxygen atoms in total. The summed E-state index contributed by atoms with van der Waals surface area (Å²) < 4.78 is 5.28. The molecule has 1 N–H and O–H groups in total. The highest BCUT2D eigenvalue weighted by atomic mass is 16.5. The average molecular weight is 376 g/mol. The number of carbonyl (C=O) groups is 1. The van der Waals surface area contributed by atoms with E-state index >= 15 is 0 Å². The number of amides is 1. The van der Waals surface area contributed by atoms with E-state index in [4.69, 9.17) is 4.74 Å². The molecule has 4 aliphatic rings. The van der Waals surface area contributed by atoms with Crippen molar-refractivity contribution >= 4 is 11.6 Å². The van der Waals surface area contributed by atoms with Crippen LogP contribution in [0.2, 0.25) is 0 Å². The van der Waals surface area contributed by atoms with Gasteiger partial charge in [-0.25, -0.2) is 0 Å². The van der Waals surface area contributed by atoms with Crippen molar-refractivity contribution in [2.24, 2.45) is 17.8 Å². The van der Waals surface area contributed by atoms with Crippen molar-refractivity contribution < 1.29 is 9.53 Å². The number of hydrogen-bond acceptors (Lipinski definition) is 2. The molecule has 6 rings (SSSR count). The molecular weight excluding hydrogens is 346 g/mol. The summed E-state index contributed by atoms with van der Waals surface area (Å²) in [5.74, 6) is 3.57. The summed E-state index contributed by atoms with van der Waals surface area (Å²) in [5.41, 5.74) is 4.39. The van der Waals surface area contributed by atoms with E-state index in [1.807, 2.05) is 25.1 Å². The molecule has 4 aliphatic carbocycles. The lowest BCUT2D eigenvalue weighted by Crippen LogP contribution is -2.48. The van der Waals surface area contributed by atoms with E-state index in [2.05, 4.69) is 29.6 Å². The van der Waals surface area contributed by atoms with Crippen molar-refractivity contribution in [3.8, 4) is 5.75 Å². The molecule has 4 bridgehead atoms. The highest BCUT2D eigenvalue weighted by Gasteiger charge is 2.51. The van der Waals surface area contributed by atoms with Crippen molar-refractivity contribution in [1.29, 1.82) is 0 Å². The third-order valence-corrected chi connectivity index (χ3v) is 7.45. The zero-order valence-corrected chi connectivity index (χ0v) is 16.8. The van der Waals surface area contributed by atoms with Crippen LogP contribution < -0.4 is 10.1 Å². The highest BCUT2D eigenvalue weighted by molar-refractivity contribution is 6.04. The Hall–Kier alpha value is -2.29. The molecule has 2 aromatic rings. The normalized spacial score (nSPS) is 30.3. The molecule has 0 radical (unpaired) electrons. The summed E-state index contributed by atoms with van der Waals surface area (Å²) in [5, 5.41) is 3.04. The van der Waals surface area contributed by atoms with E-state index in [0.29, 0.717) is 11.0 Å². The van der Waals surface area contributed by atoms with Gasteiger partial charge in [-0.05, 0) is 110 Å². The van der Waals surface area contributed by atoms with Crippen molar-refractivity contribution in [2.45, 2.75) is 50.9 Å². The maximum atomic E-state index is 12.6. The standard InChI is InChI=1S/C25H29NO2/c1-16-9-20(3-8-23(16)28-2)24(27)26-22-6-4-21(5-7-22)25-13-17-10-18(14-25)12-19(11-17)15-25/h3-9,17-19H,10-15H2,1-2H3,(H,26,27). The second-order valence-corrected chi connectivity index (χ2v) is 9.41. The molecule has 0 atom stereocenters. The first-order valence-electron chi connectivity index (χ1n) is 10.6. The van der Waals surface area contributed by atoms with Gasteiger partial charge < -0.3 is 10.1 Å². The Kier molecular flexibility index (Phi) is 4.22. The van der Waals surface area contributed by atoms with Crippen LogP contribution in [0.15, 0.2) is 42.5 Å². The number of hydrogen-bond donors (Lipinski definition) is 1. The average Bonchev–Trinajstić information content (AvgIpc) is 2.67. The Labute approximate surface area is 167 Å². The van der Waals surface area contributed by atoms with Crippen molar-refractivity contribution in [1.82, 2.24) is 0 Å². The summed E-state index contributed by atoms with van der Waals surface area (Å²) >= 11 is 0. The maximum absolute atomic E-state index is 12.6. The zero-order valence-electron chi connectivity index (χ0n) is 16.8. The van der Waals surface area contributed by atoms with Gasteiger partial charge >= 0.3 is 0 Å². The number of ether oxygens (including phenoxy) is 1. The molecule has 0 aromatic heterocycles. The van der Waals surface area contributed by atoms with Crippen molar-refractivity contribution in [2.75, 3.05) is 12.4 Å². The molecule has 0 spiro atoms. The smallest absolute Gasteiger partial charge is 0.255 e. The van der Waals surface area contributed by atoms with Crippen LogP contribution in [0.25, 0.3) is 0 Å². The van der Waals surface area contributed by atoms with E-state index in [1.165, 1.54) is 44.1 Å². The monoisotopic (exact) mass is 375 g/mol. The lowest BCUT2D eigenvalue weighted by Gasteiger charge is -2.57. The quantitative estimate of drug-likeness (QED) is 0.742. The summed E-state index contributed by atoms with van der Waals surface area (Å²) in [6.07, 6.45) is 8.51. The number of carbonyl (C=O) groups excluding carboxylic acids is 1. The Morgan fingerprint density at radius 3 is 2.11 bits per heavy atom. The topological polar surface area (TPSA) is 38.3 Å². The summed E-state index contributed by atoms with van der Waals surface area (Å²) in [6.45, 7) is 1.95. The fourth-order valence-corrected chi connectivity index (χ4v) is 6.59. The molecule has 0 heterocycles. The van der Waals surface area contributed by atoms with Crippen LogP contribution in [0.4, 0.5) is 5.69 Å². The molecular formula is C25H29NO2. The SMILES string of the molecule is COc1ccc(C(=O)Nc2ccc(C34CC5CC(CC(C5)C3)C4)cc2)cc1C. The number of nitrogens with one attached hydrogen (secondary N) is 1. The maximum Gasteiger partial charge on any atom is 0.255 e. The fourth-order valence-electron chi connectivity index (χ4n) is 6.59. The molecule has 0 saturated heterocycles. The van der Waals surface area contributed by atoms with Crippen molar-refractivity contribution in [3.05, 3.63) is 59.2 Å². The number of benzene rings is 2. The van der Waals surface area contributed by atoms with Crippen LogP contribution in [-0.2, 0) is 5.41 Å². The van der Waals surface area contributed by atoms with Gasteiger partial charge in [0.2, 0.25) is 0 Å². The van der Waals surface area contributed by atoms with Crippen LogP contribution in [-0.4, -0.2) is 13.0 Å². The third kappa shape index (κ3) is 3.01. The van der Waals surface area contributed by atoms with Crippen LogP contribution in [0.3, 0.4) is 0 Å². The molecule has 2 aromatic carbocycles. The molecule has 28 heavy (non-hydrogen) atoms. The van der Waals surface area contributed by atoms with Gasteiger partial charge in [0.05, 0.1) is 7.11 Å². The Morgan fingerprint density at radius 1 is 0.964 bits per heavy atom.